The number of pyridine rings is 2. The Bertz CT molecular complexity index is 1500. The maximum absolute atomic E-state index is 13.2. The topological polar surface area (TPSA) is 79.7 Å². The van der Waals surface area contributed by atoms with Gasteiger partial charge in [0, 0.05) is 42.7 Å². The number of carbonyl (C=O) groups is 1. The normalized spacial score (nSPS) is 14.7. The van der Waals surface area contributed by atoms with Crippen LogP contribution in [0.25, 0.3) is 11.1 Å². The van der Waals surface area contributed by atoms with Crippen molar-refractivity contribution < 1.29 is 13.9 Å². The molecule has 2 aliphatic heterocycles. The van der Waals surface area contributed by atoms with Gasteiger partial charge in [-0.15, -0.1) is 0 Å². The van der Waals surface area contributed by atoms with E-state index in [1.54, 1.807) is 12.1 Å². The first-order valence-electron chi connectivity index (χ1n) is 12.7. The number of aromatic nitrogens is 2. The van der Waals surface area contributed by atoms with Gasteiger partial charge in [0.2, 0.25) is 5.88 Å². The third-order valence-electron chi connectivity index (χ3n) is 6.74. The Morgan fingerprint density at radius 2 is 1.84 bits per heavy atom. The number of hydrogen-bond acceptors (Lipinski definition) is 6. The number of anilines is 1. The average Bonchev–Trinajstić information content (AvgIpc) is 2.92. The lowest BCUT2D eigenvalue weighted by molar-refractivity contribution is -0.110. The molecule has 1 fully saturated rings. The molecule has 0 atom stereocenters. The van der Waals surface area contributed by atoms with Crippen LogP contribution >= 0.6 is 0 Å². The summed E-state index contributed by atoms with van der Waals surface area (Å²) in [6.07, 6.45) is 7.35. The predicted octanol–water partition coefficient (Wildman–Crippen LogP) is 5.26. The van der Waals surface area contributed by atoms with Gasteiger partial charge in [0.1, 0.15) is 17.3 Å². The highest BCUT2D eigenvalue weighted by Crippen LogP contribution is 2.27. The van der Waals surface area contributed by atoms with Crippen molar-refractivity contribution >= 4 is 17.3 Å². The standard InChI is InChI=1S/C30H26FN5O2/c31-24-4-7-26(8-5-24)38-28-9-6-25(18-34-28)35-30(37)29-27-15-22(3-2-21(27)10-11-33-29)23-14-20(16-32-17-23)19-36-12-1-13-36/h2-9,14-18H,1,10-13,19H2,(H,35,37). The molecule has 2 aromatic carbocycles. The van der Waals surface area contributed by atoms with E-state index >= 15 is 0 Å². The molecule has 7 nitrogen and oxygen atoms in total. The minimum Gasteiger partial charge on any atom is -0.439 e. The molecule has 1 saturated heterocycles. The second-order valence-corrected chi connectivity index (χ2v) is 9.46. The fraction of sp³-hybridized carbons (Fsp3) is 0.200. The molecule has 4 heterocycles. The van der Waals surface area contributed by atoms with Crippen molar-refractivity contribution in [3.63, 3.8) is 0 Å². The number of nitrogens with zero attached hydrogens (tertiary/aromatic N) is 4. The van der Waals surface area contributed by atoms with E-state index in [2.05, 4.69) is 43.4 Å². The van der Waals surface area contributed by atoms with Crippen molar-refractivity contribution in [3.8, 4) is 22.8 Å². The van der Waals surface area contributed by atoms with E-state index < -0.39 is 0 Å². The van der Waals surface area contributed by atoms with Crippen LogP contribution in [0, 0.1) is 5.82 Å². The van der Waals surface area contributed by atoms with E-state index in [1.807, 2.05) is 18.5 Å². The van der Waals surface area contributed by atoms with E-state index in [-0.39, 0.29) is 11.7 Å². The van der Waals surface area contributed by atoms with Gasteiger partial charge in [-0.3, -0.25) is 19.7 Å². The summed E-state index contributed by atoms with van der Waals surface area (Å²) in [4.78, 5) is 28.9. The highest BCUT2D eigenvalue weighted by atomic mass is 19.1. The SMILES string of the molecule is O=C(Nc1ccc(Oc2ccc(F)cc2)nc1)C1=NCCc2ccc(-c3cncc(CN4CCC4)c3)cc21. The molecule has 190 valence electrons. The van der Waals surface area contributed by atoms with Crippen molar-refractivity contribution in [2.75, 3.05) is 25.0 Å². The van der Waals surface area contributed by atoms with Gasteiger partial charge in [0.05, 0.1) is 11.9 Å². The lowest BCUT2D eigenvalue weighted by Gasteiger charge is -2.30. The first-order chi connectivity index (χ1) is 18.6. The summed E-state index contributed by atoms with van der Waals surface area (Å²) in [5.74, 6) is 0.183. The van der Waals surface area contributed by atoms with Gasteiger partial charge in [-0.05, 0) is 85.1 Å². The summed E-state index contributed by atoms with van der Waals surface area (Å²) < 4.78 is 18.7. The lowest BCUT2D eigenvalue weighted by atomic mass is 9.92. The number of ether oxygens (including phenoxy) is 1. The van der Waals surface area contributed by atoms with Crippen LogP contribution in [0.15, 0.2) is 84.2 Å². The summed E-state index contributed by atoms with van der Waals surface area (Å²) in [6.45, 7) is 3.74. The summed E-state index contributed by atoms with van der Waals surface area (Å²) in [6, 6.07) is 17.4. The van der Waals surface area contributed by atoms with Gasteiger partial charge in [0.25, 0.3) is 5.91 Å². The van der Waals surface area contributed by atoms with Crippen molar-refractivity contribution in [3.05, 3.63) is 102 Å². The fourth-order valence-electron chi connectivity index (χ4n) is 4.62. The molecule has 1 N–H and O–H groups in total. The Morgan fingerprint density at radius 1 is 0.974 bits per heavy atom. The number of aliphatic imine (C=N–C) groups is 1. The molecule has 2 aromatic heterocycles. The van der Waals surface area contributed by atoms with E-state index in [9.17, 15) is 9.18 Å². The van der Waals surface area contributed by atoms with Crippen molar-refractivity contribution in [1.29, 1.82) is 0 Å². The summed E-state index contributed by atoms with van der Waals surface area (Å²) in [5, 5.41) is 2.90. The number of nitrogens with one attached hydrogen (secondary N) is 1. The molecule has 6 rings (SSSR count). The quantitative estimate of drug-likeness (QED) is 0.369. The number of rotatable bonds is 7. The molecule has 0 radical (unpaired) electrons. The summed E-state index contributed by atoms with van der Waals surface area (Å²) in [5.41, 5.74) is 6.08. The van der Waals surface area contributed by atoms with Crippen LogP contribution in [-0.2, 0) is 17.8 Å². The third kappa shape index (κ3) is 5.31. The molecule has 0 unspecified atom stereocenters. The number of likely N-dealkylation sites (tertiary alicyclic amines) is 1. The van der Waals surface area contributed by atoms with Crippen LogP contribution in [0.2, 0.25) is 0 Å². The van der Waals surface area contributed by atoms with Crippen LogP contribution in [0.4, 0.5) is 10.1 Å². The Morgan fingerprint density at radius 3 is 2.61 bits per heavy atom. The molecule has 0 saturated carbocycles. The highest BCUT2D eigenvalue weighted by Gasteiger charge is 2.22. The number of carbonyl (C=O) groups excluding carboxylic acids is 1. The monoisotopic (exact) mass is 507 g/mol. The van der Waals surface area contributed by atoms with Crippen LogP contribution in [0.1, 0.15) is 23.1 Å². The van der Waals surface area contributed by atoms with E-state index in [1.165, 1.54) is 42.4 Å². The zero-order valence-corrected chi connectivity index (χ0v) is 20.7. The van der Waals surface area contributed by atoms with Gasteiger partial charge in [-0.25, -0.2) is 9.37 Å². The first kappa shape index (κ1) is 23.9. The minimum atomic E-state index is -0.338. The largest absolute Gasteiger partial charge is 0.439 e. The Balaban J connectivity index is 1.17. The number of hydrogen-bond donors (Lipinski definition) is 1. The van der Waals surface area contributed by atoms with Crippen LogP contribution < -0.4 is 10.1 Å². The Labute approximate surface area is 220 Å². The zero-order valence-electron chi connectivity index (χ0n) is 20.7. The van der Waals surface area contributed by atoms with Gasteiger partial charge in [-0.1, -0.05) is 12.1 Å². The molecular weight excluding hydrogens is 481 g/mol. The van der Waals surface area contributed by atoms with E-state index in [0.29, 0.717) is 29.6 Å². The van der Waals surface area contributed by atoms with Gasteiger partial charge in [-0.2, -0.15) is 0 Å². The second kappa shape index (κ2) is 10.5. The highest BCUT2D eigenvalue weighted by molar-refractivity contribution is 6.49. The first-order valence-corrected chi connectivity index (χ1v) is 12.7. The molecule has 8 heteroatoms. The second-order valence-electron chi connectivity index (χ2n) is 9.46. The molecule has 38 heavy (non-hydrogen) atoms. The van der Waals surface area contributed by atoms with Gasteiger partial charge >= 0.3 is 0 Å². The van der Waals surface area contributed by atoms with Crippen LogP contribution in [0.3, 0.4) is 0 Å². The average molecular weight is 508 g/mol. The molecule has 0 spiro atoms. The molecule has 0 aliphatic carbocycles. The van der Waals surface area contributed by atoms with Crippen molar-refractivity contribution in [2.24, 2.45) is 4.99 Å². The third-order valence-corrected chi connectivity index (χ3v) is 6.74. The van der Waals surface area contributed by atoms with Crippen molar-refractivity contribution in [2.45, 2.75) is 19.4 Å². The Kier molecular flexibility index (Phi) is 6.62. The number of fused-ring (bicyclic) bond motifs is 1. The zero-order chi connectivity index (χ0) is 25.9. The van der Waals surface area contributed by atoms with E-state index in [4.69, 9.17) is 4.74 Å². The summed E-state index contributed by atoms with van der Waals surface area (Å²) in [7, 11) is 0. The smallest absolute Gasteiger partial charge is 0.274 e. The van der Waals surface area contributed by atoms with Crippen LogP contribution in [-0.4, -0.2) is 46.1 Å². The number of amides is 1. The van der Waals surface area contributed by atoms with E-state index in [0.717, 1.165) is 48.3 Å². The van der Waals surface area contributed by atoms with Gasteiger partial charge < -0.3 is 10.1 Å². The molecule has 1 amide bonds. The van der Waals surface area contributed by atoms with Crippen molar-refractivity contribution in [1.82, 2.24) is 14.9 Å². The van der Waals surface area contributed by atoms with Crippen LogP contribution in [0.5, 0.6) is 11.6 Å². The number of halogens is 1. The molecule has 0 bridgehead atoms. The lowest BCUT2D eigenvalue weighted by Crippen LogP contribution is -2.36. The number of benzene rings is 2. The minimum absolute atomic E-state index is 0.290. The maximum atomic E-state index is 13.2. The molecule has 2 aliphatic rings. The Hall–Kier alpha value is -4.43. The predicted molar refractivity (Wildman–Crippen MR) is 144 cm³/mol. The molecular formula is C30H26FN5O2. The maximum Gasteiger partial charge on any atom is 0.274 e. The summed E-state index contributed by atoms with van der Waals surface area (Å²) >= 11 is 0. The molecule has 4 aromatic rings. The van der Waals surface area contributed by atoms with Gasteiger partial charge in [0.15, 0.2) is 0 Å². The fourth-order valence-corrected chi connectivity index (χ4v) is 4.62.